The maximum Gasteiger partial charge on any atom is 0.239 e. The van der Waals surface area contributed by atoms with Crippen LogP contribution in [0, 0.1) is 5.92 Å². The lowest BCUT2D eigenvalue weighted by Crippen LogP contribution is -2.22. The first-order chi connectivity index (χ1) is 7.04. The Morgan fingerprint density at radius 1 is 1.60 bits per heavy atom. The number of rotatable bonds is 4. The molecule has 1 rings (SSSR count). The second kappa shape index (κ2) is 4.98. The molecule has 1 amide bonds. The van der Waals surface area contributed by atoms with Crippen LogP contribution in [0.15, 0.2) is 18.5 Å². The smallest absolute Gasteiger partial charge is 0.239 e. The van der Waals surface area contributed by atoms with Crippen LogP contribution in [-0.4, -0.2) is 22.6 Å². The minimum absolute atomic E-state index is 0.0452. The van der Waals surface area contributed by atoms with E-state index in [9.17, 15) is 9.90 Å². The first kappa shape index (κ1) is 11.8. The Morgan fingerprint density at radius 2 is 2.27 bits per heavy atom. The summed E-state index contributed by atoms with van der Waals surface area (Å²) in [5.74, 6) is 0.136. The van der Waals surface area contributed by atoms with Gasteiger partial charge in [-0.1, -0.05) is 13.8 Å². The minimum atomic E-state index is -0.462. The molecular formula is C11H18N2O2. The van der Waals surface area contributed by atoms with Crippen LogP contribution < -0.4 is 5.32 Å². The quantitative estimate of drug-likeness (QED) is 0.776. The third-order valence-corrected chi connectivity index (χ3v) is 2.35. The third kappa shape index (κ3) is 3.09. The standard InChI is InChI=1S/C11H18N2O2/c1-8(2)11(15)9-4-5-13(6-9)7-10(14)12-3/h4-6,8,11,15H,7H2,1-3H3,(H,12,14). The second-order valence-corrected chi connectivity index (χ2v) is 3.98. The Hall–Kier alpha value is -1.29. The van der Waals surface area contributed by atoms with Crippen molar-refractivity contribution in [1.82, 2.24) is 9.88 Å². The molecule has 0 aliphatic carbocycles. The van der Waals surface area contributed by atoms with Crippen LogP contribution in [-0.2, 0) is 11.3 Å². The molecule has 0 bridgehead atoms. The van der Waals surface area contributed by atoms with Crippen molar-refractivity contribution in [2.24, 2.45) is 5.92 Å². The lowest BCUT2D eigenvalue weighted by atomic mass is 10.0. The van der Waals surface area contributed by atoms with Crippen LogP contribution in [0.25, 0.3) is 0 Å². The number of likely N-dealkylation sites (N-methyl/N-ethyl adjacent to an activating group) is 1. The summed E-state index contributed by atoms with van der Waals surface area (Å²) in [7, 11) is 1.61. The highest BCUT2D eigenvalue weighted by atomic mass is 16.3. The van der Waals surface area contributed by atoms with Crippen molar-refractivity contribution < 1.29 is 9.90 Å². The summed E-state index contributed by atoms with van der Waals surface area (Å²) >= 11 is 0. The molecule has 4 nitrogen and oxygen atoms in total. The molecule has 84 valence electrons. The van der Waals surface area contributed by atoms with Crippen LogP contribution in [0.4, 0.5) is 0 Å². The van der Waals surface area contributed by atoms with Crippen molar-refractivity contribution in [3.05, 3.63) is 24.0 Å². The van der Waals surface area contributed by atoms with Gasteiger partial charge in [0.2, 0.25) is 5.91 Å². The number of aliphatic hydroxyl groups excluding tert-OH is 1. The number of aliphatic hydroxyl groups is 1. The summed E-state index contributed by atoms with van der Waals surface area (Å²) in [5.41, 5.74) is 0.855. The fraction of sp³-hybridized carbons (Fsp3) is 0.545. The van der Waals surface area contributed by atoms with Gasteiger partial charge in [0, 0.05) is 19.4 Å². The van der Waals surface area contributed by atoms with E-state index in [0.717, 1.165) is 5.56 Å². The number of hydrogen-bond donors (Lipinski definition) is 2. The van der Waals surface area contributed by atoms with Crippen molar-refractivity contribution in [1.29, 1.82) is 0 Å². The van der Waals surface area contributed by atoms with E-state index in [1.54, 1.807) is 24.0 Å². The maximum atomic E-state index is 11.1. The molecule has 0 aliphatic rings. The van der Waals surface area contributed by atoms with E-state index in [4.69, 9.17) is 0 Å². The van der Waals surface area contributed by atoms with Gasteiger partial charge in [0.1, 0.15) is 6.54 Å². The van der Waals surface area contributed by atoms with Crippen molar-refractivity contribution in [2.45, 2.75) is 26.5 Å². The summed E-state index contributed by atoms with van der Waals surface area (Å²) in [4.78, 5) is 11.1. The zero-order chi connectivity index (χ0) is 11.4. The number of aromatic nitrogens is 1. The Balaban J connectivity index is 2.68. The van der Waals surface area contributed by atoms with Gasteiger partial charge in [-0.3, -0.25) is 4.79 Å². The van der Waals surface area contributed by atoms with Crippen molar-refractivity contribution in [3.8, 4) is 0 Å². The molecule has 1 heterocycles. The predicted molar refractivity (Wildman–Crippen MR) is 58.3 cm³/mol. The minimum Gasteiger partial charge on any atom is -0.388 e. The molecule has 15 heavy (non-hydrogen) atoms. The Bertz CT molecular complexity index is 331. The topological polar surface area (TPSA) is 54.3 Å². The zero-order valence-electron chi connectivity index (χ0n) is 9.40. The Morgan fingerprint density at radius 3 is 2.80 bits per heavy atom. The molecule has 0 spiro atoms. The number of amides is 1. The molecule has 0 aromatic carbocycles. The largest absolute Gasteiger partial charge is 0.388 e. The highest BCUT2D eigenvalue weighted by Crippen LogP contribution is 2.21. The lowest BCUT2D eigenvalue weighted by Gasteiger charge is -2.12. The van der Waals surface area contributed by atoms with Crippen LogP contribution in [0.5, 0.6) is 0 Å². The first-order valence-corrected chi connectivity index (χ1v) is 5.09. The number of carbonyl (C=O) groups excluding carboxylic acids is 1. The SMILES string of the molecule is CNC(=O)Cn1ccc(C(O)C(C)C)c1. The van der Waals surface area contributed by atoms with E-state index in [-0.39, 0.29) is 11.8 Å². The summed E-state index contributed by atoms with van der Waals surface area (Å²) in [6.45, 7) is 4.21. The summed E-state index contributed by atoms with van der Waals surface area (Å²) < 4.78 is 1.76. The zero-order valence-corrected chi connectivity index (χ0v) is 9.40. The molecule has 1 aromatic heterocycles. The summed E-state index contributed by atoms with van der Waals surface area (Å²) in [6.07, 6.45) is 3.15. The molecule has 0 aliphatic heterocycles. The molecule has 0 saturated carbocycles. The fourth-order valence-corrected chi connectivity index (χ4v) is 1.36. The van der Waals surface area contributed by atoms with E-state index in [0.29, 0.717) is 6.54 Å². The molecule has 0 fully saturated rings. The molecular weight excluding hydrogens is 192 g/mol. The number of nitrogens with zero attached hydrogens (tertiary/aromatic N) is 1. The highest BCUT2D eigenvalue weighted by molar-refractivity contribution is 5.75. The number of hydrogen-bond acceptors (Lipinski definition) is 2. The van der Waals surface area contributed by atoms with Gasteiger partial charge in [0.25, 0.3) is 0 Å². The average molecular weight is 210 g/mol. The number of carbonyl (C=O) groups is 1. The van der Waals surface area contributed by atoms with Gasteiger partial charge >= 0.3 is 0 Å². The molecule has 0 saturated heterocycles. The van der Waals surface area contributed by atoms with Gasteiger partial charge < -0.3 is 15.0 Å². The number of nitrogens with one attached hydrogen (secondary N) is 1. The molecule has 0 radical (unpaired) electrons. The van der Waals surface area contributed by atoms with E-state index >= 15 is 0 Å². The van der Waals surface area contributed by atoms with Gasteiger partial charge in [-0.15, -0.1) is 0 Å². The molecule has 4 heteroatoms. The fourth-order valence-electron chi connectivity index (χ4n) is 1.36. The lowest BCUT2D eigenvalue weighted by molar-refractivity contribution is -0.121. The normalized spacial score (nSPS) is 12.9. The first-order valence-electron chi connectivity index (χ1n) is 5.09. The second-order valence-electron chi connectivity index (χ2n) is 3.98. The average Bonchev–Trinajstić information content (AvgIpc) is 2.64. The molecule has 1 unspecified atom stereocenters. The van der Waals surface area contributed by atoms with Crippen LogP contribution in [0.1, 0.15) is 25.5 Å². The van der Waals surface area contributed by atoms with Gasteiger partial charge in [0.05, 0.1) is 6.10 Å². The molecule has 1 atom stereocenters. The third-order valence-electron chi connectivity index (χ3n) is 2.35. The van der Waals surface area contributed by atoms with Crippen LogP contribution in [0.3, 0.4) is 0 Å². The van der Waals surface area contributed by atoms with Crippen molar-refractivity contribution in [3.63, 3.8) is 0 Å². The van der Waals surface area contributed by atoms with Crippen molar-refractivity contribution in [2.75, 3.05) is 7.05 Å². The van der Waals surface area contributed by atoms with Gasteiger partial charge in [-0.05, 0) is 17.5 Å². The van der Waals surface area contributed by atoms with Crippen LogP contribution in [0.2, 0.25) is 0 Å². The highest BCUT2D eigenvalue weighted by Gasteiger charge is 2.13. The molecule has 1 aromatic rings. The Kier molecular flexibility index (Phi) is 3.91. The van der Waals surface area contributed by atoms with E-state index in [2.05, 4.69) is 5.32 Å². The molecule has 2 N–H and O–H groups in total. The van der Waals surface area contributed by atoms with E-state index in [1.165, 1.54) is 0 Å². The van der Waals surface area contributed by atoms with E-state index < -0.39 is 6.10 Å². The predicted octanol–water partition coefficient (Wildman–Crippen LogP) is 0.923. The Labute approximate surface area is 89.9 Å². The van der Waals surface area contributed by atoms with Gasteiger partial charge in [-0.2, -0.15) is 0 Å². The maximum absolute atomic E-state index is 11.1. The van der Waals surface area contributed by atoms with Crippen LogP contribution >= 0.6 is 0 Å². The van der Waals surface area contributed by atoms with Gasteiger partial charge in [0.15, 0.2) is 0 Å². The van der Waals surface area contributed by atoms with Gasteiger partial charge in [-0.25, -0.2) is 0 Å². The summed E-state index contributed by atoms with van der Waals surface area (Å²) in [6, 6.07) is 1.84. The van der Waals surface area contributed by atoms with E-state index in [1.807, 2.05) is 19.9 Å². The monoisotopic (exact) mass is 210 g/mol. The summed E-state index contributed by atoms with van der Waals surface area (Å²) in [5, 5.41) is 12.3. The van der Waals surface area contributed by atoms with Crippen molar-refractivity contribution >= 4 is 5.91 Å².